The summed E-state index contributed by atoms with van der Waals surface area (Å²) >= 11 is 0. The lowest BCUT2D eigenvalue weighted by Crippen LogP contribution is -2.28. The molecular weight excluding hydrogens is 210 g/mol. The summed E-state index contributed by atoms with van der Waals surface area (Å²) in [5.41, 5.74) is 3.17. The SMILES string of the molecule is CC(C)N(C)c1nc2c(cc1C#N)CCCC2. The van der Waals surface area contributed by atoms with E-state index in [1.807, 2.05) is 13.1 Å². The predicted molar refractivity (Wildman–Crippen MR) is 69.1 cm³/mol. The summed E-state index contributed by atoms with van der Waals surface area (Å²) in [6, 6.07) is 4.67. The lowest BCUT2D eigenvalue weighted by molar-refractivity contribution is 0.661. The lowest BCUT2D eigenvalue weighted by Gasteiger charge is -2.26. The maximum Gasteiger partial charge on any atom is 0.146 e. The first-order chi connectivity index (χ1) is 8.13. The quantitative estimate of drug-likeness (QED) is 0.782. The van der Waals surface area contributed by atoms with Gasteiger partial charge in [0.15, 0.2) is 0 Å². The van der Waals surface area contributed by atoms with Crippen molar-refractivity contribution < 1.29 is 0 Å². The largest absolute Gasteiger partial charge is 0.356 e. The molecule has 90 valence electrons. The smallest absolute Gasteiger partial charge is 0.146 e. The van der Waals surface area contributed by atoms with Crippen LogP contribution < -0.4 is 4.90 Å². The molecular formula is C14H19N3. The predicted octanol–water partition coefficient (Wildman–Crippen LogP) is 2.68. The molecule has 0 radical (unpaired) electrons. The number of aryl methyl sites for hydroxylation is 2. The number of pyridine rings is 1. The summed E-state index contributed by atoms with van der Waals surface area (Å²) in [5, 5.41) is 9.23. The number of nitriles is 1. The van der Waals surface area contributed by atoms with Gasteiger partial charge in [-0.3, -0.25) is 0 Å². The fourth-order valence-electron chi connectivity index (χ4n) is 2.22. The molecule has 3 heteroatoms. The number of aromatic nitrogens is 1. The van der Waals surface area contributed by atoms with E-state index in [4.69, 9.17) is 4.98 Å². The van der Waals surface area contributed by atoms with E-state index >= 15 is 0 Å². The zero-order chi connectivity index (χ0) is 12.4. The molecule has 0 N–H and O–H groups in total. The molecule has 0 spiro atoms. The minimum absolute atomic E-state index is 0.358. The molecule has 0 fully saturated rings. The van der Waals surface area contributed by atoms with Crippen LogP contribution in [0.1, 0.15) is 43.5 Å². The zero-order valence-electron chi connectivity index (χ0n) is 10.8. The van der Waals surface area contributed by atoms with E-state index in [2.05, 4.69) is 24.8 Å². The Hall–Kier alpha value is -1.56. The van der Waals surface area contributed by atoms with Crippen molar-refractivity contribution in [1.82, 2.24) is 4.98 Å². The molecule has 17 heavy (non-hydrogen) atoms. The average Bonchev–Trinajstić information content (AvgIpc) is 2.36. The molecule has 1 aromatic rings. The number of nitrogens with zero attached hydrogens (tertiary/aromatic N) is 3. The van der Waals surface area contributed by atoms with E-state index in [1.54, 1.807) is 0 Å². The topological polar surface area (TPSA) is 39.9 Å². The molecule has 0 unspecified atom stereocenters. The van der Waals surface area contributed by atoms with Gasteiger partial charge in [0.25, 0.3) is 0 Å². The molecule has 0 saturated heterocycles. The van der Waals surface area contributed by atoms with Gasteiger partial charge in [-0.25, -0.2) is 4.98 Å². The second kappa shape index (κ2) is 4.75. The minimum atomic E-state index is 0.358. The van der Waals surface area contributed by atoms with Gasteiger partial charge < -0.3 is 4.90 Å². The Kier molecular flexibility index (Phi) is 3.33. The summed E-state index contributed by atoms with van der Waals surface area (Å²) in [6.45, 7) is 4.23. The molecule has 0 saturated carbocycles. The highest BCUT2D eigenvalue weighted by Gasteiger charge is 2.18. The van der Waals surface area contributed by atoms with Crippen LogP contribution in [0.25, 0.3) is 0 Å². The Morgan fingerprint density at radius 1 is 1.35 bits per heavy atom. The fraction of sp³-hybridized carbons (Fsp3) is 0.571. The molecule has 0 aromatic carbocycles. The third kappa shape index (κ3) is 2.26. The van der Waals surface area contributed by atoms with E-state index < -0.39 is 0 Å². The summed E-state index contributed by atoms with van der Waals surface area (Å²) in [6.07, 6.45) is 4.57. The Bertz CT molecular complexity index is 457. The Morgan fingerprint density at radius 2 is 2.06 bits per heavy atom. The zero-order valence-corrected chi connectivity index (χ0v) is 10.8. The van der Waals surface area contributed by atoms with E-state index in [0.717, 1.165) is 18.7 Å². The van der Waals surface area contributed by atoms with Crippen molar-refractivity contribution in [3.63, 3.8) is 0 Å². The van der Waals surface area contributed by atoms with Gasteiger partial charge in [0.1, 0.15) is 11.9 Å². The van der Waals surface area contributed by atoms with Gasteiger partial charge in [0.2, 0.25) is 0 Å². The first kappa shape index (κ1) is 11.9. The van der Waals surface area contributed by atoms with Crippen LogP contribution in [0.3, 0.4) is 0 Å². The van der Waals surface area contributed by atoms with E-state index in [9.17, 15) is 5.26 Å². The van der Waals surface area contributed by atoms with Crippen molar-refractivity contribution in [3.8, 4) is 6.07 Å². The van der Waals surface area contributed by atoms with E-state index in [1.165, 1.54) is 24.1 Å². The van der Waals surface area contributed by atoms with Gasteiger partial charge in [-0.2, -0.15) is 5.26 Å². The monoisotopic (exact) mass is 229 g/mol. The minimum Gasteiger partial charge on any atom is -0.356 e. The average molecular weight is 229 g/mol. The maximum atomic E-state index is 9.23. The van der Waals surface area contributed by atoms with Crippen LogP contribution in [0.15, 0.2) is 6.07 Å². The third-order valence-corrected chi connectivity index (χ3v) is 3.51. The Balaban J connectivity index is 2.48. The molecule has 1 aliphatic carbocycles. The van der Waals surface area contributed by atoms with Gasteiger partial charge in [-0.1, -0.05) is 0 Å². The van der Waals surface area contributed by atoms with Gasteiger partial charge in [0, 0.05) is 18.8 Å². The first-order valence-electron chi connectivity index (χ1n) is 6.29. The number of fused-ring (bicyclic) bond motifs is 1. The number of hydrogen-bond acceptors (Lipinski definition) is 3. The lowest BCUT2D eigenvalue weighted by atomic mass is 9.95. The summed E-state index contributed by atoms with van der Waals surface area (Å²) in [5.74, 6) is 0.836. The third-order valence-electron chi connectivity index (χ3n) is 3.51. The summed E-state index contributed by atoms with van der Waals surface area (Å²) < 4.78 is 0. The molecule has 0 bridgehead atoms. The molecule has 0 amide bonds. The molecule has 3 nitrogen and oxygen atoms in total. The van der Waals surface area contributed by atoms with Crippen molar-refractivity contribution in [2.45, 2.75) is 45.6 Å². The normalized spacial score (nSPS) is 14.3. The fourth-order valence-corrected chi connectivity index (χ4v) is 2.22. The highest BCUT2D eigenvalue weighted by molar-refractivity contribution is 5.56. The van der Waals surface area contributed by atoms with Crippen molar-refractivity contribution in [3.05, 3.63) is 22.9 Å². The summed E-state index contributed by atoms with van der Waals surface area (Å²) in [4.78, 5) is 6.79. The van der Waals surface area contributed by atoms with Crippen LogP contribution >= 0.6 is 0 Å². The maximum absolute atomic E-state index is 9.23. The molecule has 0 atom stereocenters. The highest BCUT2D eigenvalue weighted by Crippen LogP contribution is 2.26. The second-order valence-electron chi connectivity index (χ2n) is 4.99. The first-order valence-corrected chi connectivity index (χ1v) is 6.29. The highest BCUT2D eigenvalue weighted by atomic mass is 15.2. The van der Waals surface area contributed by atoms with Gasteiger partial charge in [-0.05, 0) is 51.2 Å². The Labute approximate surface area is 103 Å². The molecule has 2 rings (SSSR count). The van der Waals surface area contributed by atoms with Crippen LogP contribution in [0.2, 0.25) is 0 Å². The van der Waals surface area contributed by atoms with Crippen LogP contribution in [0.5, 0.6) is 0 Å². The number of anilines is 1. The number of hydrogen-bond donors (Lipinski definition) is 0. The van der Waals surface area contributed by atoms with Crippen LogP contribution in [-0.2, 0) is 12.8 Å². The van der Waals surface area contributed by atoms with Crippen LogP contribution in [-0.4, -0.2) is 18.1 Å². The van der Waals surface area contributed by atoms with Crippen molar-refractivity contribution >= 4 is 5.82 Å². The van der Waals surface area contributed by atoms with Crippen LogP contribution in [0, 0.1) is 11.3 Å². The van der Waals surface area contributed by atoms with Crippen molar-refractivity contribution in [1.29, 1.82) is 5.26 Å². The van der Waals surface area contributed by atoms with Gasteiger partial charge in [0.05, 0.1) is 5.56 Å². The second-order valence-corrected chi connectivity index (χ2v) is 4.99. The van der Waals surface area contributed by atoms with Crippen molar-refractivity contribution in [2.24, 2.45) is 0 Å². The van der Waals surface area contributed by atoms with E-state index in [0.29, 0.717) is 11.6 Å². The molecule has 1 aliphatic rings. The molecule has 1 aromatic heterocycles. The standard InChI is InChI=1S/C14H19N3/c1-10(2)17(3)14-12(9-15)8-11-6-4-5-7-13(11)16-14/h8,10H,4-7H2,1-3H3. The Morgan fingerprint density at radius 3 is 2.71 bits per heavy atom. The van der Waals surface area contributed by atoms with Crippen LogP contribution in [0.4, 0.5) is 5.82 Å². The van der Waals surface area contributed by atoms with Gasteiger partial charge in [-0.15, -0.1) is 0 Å². The molecule has 0 aliphatic heterocycles. The van der Waals surface area contributed by atoms with Gasteiger partial charge >= 0.3 is 0 Å². The van der Waals surface area contributed by atoms with E-state index in [-0.39, 0.29) is 0 Å². The number of rotatable bonds is 2. The van der Waals surface area contributed by atoms with Crippen molar-refractivity contribution in [2.75, 3.05) is 11.9 Å². The molecule has 1 heterocycles. The summed E-state index contributed by atoms with van der Waals surface area (Å²) in [7, 11) is 2.00.